The standard InChI is InChI=1S/C72H139NO5/c1-3-5-7-9-11-13-15-46-50-54-58-62-66-72(77)78-67-63-59-55-51-47-44-42-40-38-36-34-32-30-28-26-24-22-20-18-16-17-19-21-23-25-27-29-31-33-35-37-39-41-43-45-49-53-57-61-65-71(76)73-69(68-74)70(75)64-60-56-52-48-14-12-10-8-6-4-2/h16-17,60,64,69-70,74-75H,3-15,18-59,61-63,65-68H2,1-2H3,(H,73,76)/b17-16-,64-60+. The number of amides is 1. The van der Waals surface area contributed by atoms with E-state index in [0.717, 1.165) is 38.5 Å². The summed E-state index contributed by atoms with van der Waals surface area (Å²) >= 11 is 0. The van der Waals surface area contributed by atoms with Crippen molar-refractivity contribution in [2.45, 2.75) is 411 Å². The second kappa shape index (κ2) is 67.8. The number of unbranched alkanes of at least 4 members (excludes halogenated alkanes) is 54. The van der Waals surface area contributed by atoms with Crippen LogP contribution in [0, 0.1) is 0 Å². The summed E-state index contributed by atoms with van der Waals surface area (Å²) in [6.07, 6.45) is 85.8. The normalized spacial score (nSPS) is 12.6. The molecule has 0 aromatic heterocycles. The van der Waals surface area contributed by atoms with Gasteiger partial charge < -0.3 is 20.3 Å². The first-order chi connectivity index (χ1) is 38.5. The largest absolute Gasteiger partial charge is 0.466 e. The number of esters is 1. The molecular formula is C72H139NO5. The molecule has 6 nitrogen and oxygen atoms in total. The number of rotatable bonds is 67. The lowest BCUT2D eigenvalue weighted by Crippen LogP contribution is -2.45. The van der Waals surface area contributed by atoms with Gasteiger partial charge in [0.15, 0.2) is 0 Å². The minimum atomic E-state index is -0.839. The molecule has 462 valence electrons. The summed E-state index contributed by atoms with van der Waals surface area (Å²) in [5.41, 5.74) is 0. The molecule has 0 rings (SSSR count). The number of allylic oxidation sites excluding steroid dienone is 3. The van der Waals surface area contributed by atoms with E-state index in [1.807, 2.05) is 6.08 Å². The smallest absolute Gasteiger partial charge is 0.305 e. The highest BCUT2D eigenvalue weighted by Crippen LogP contribution is 2.19. The Hall–Kier alpha value is -1.66. The van der Waals surface area contributed by atoms with E-state index in [-0.39, 0.29) is 18.5 Å². The van der Waals surface area contributed by atoms with Gasteiger partial charge in [0.1, 0.15) is 0 Å². The van der Waals surface area contributed by atoms with E-state index in [1.54, 1.807) is 6.08 Å². The van der Waals surface area contributed by atoms with Crippen molar-refractivity contribution in [1.82, 2.24) is 5.32 Å². The second-order valence-electron chi connectivity index (χ2n) is 24.6. The Bertz CT molecular complexity index is 1220. The van der Waals surface area contributed by atoms with Gasteiger partial charge in [0.05, 0.1) is 25.4 Å². The summed E-state index contributed by atoms with van der Waals surface area (Å²) in [5.74, 6) is -0.0405. The Morgan fingerprint density at radius 1 is 0.346 bits per heavy atom. The molecular weight excluding hydrogens is 959 g/mol. The van der Waals surface area contributed by atoms with Crippen molar-refractivity contribution in [3.05, 3.63) is 24.3 Å². The molecule has 0 aliphatic heterocycles. The first-order valence-corrected chi connectivity index (χ1v) is 35.6. The molecule has 0 aromatic carbocycles. The van der Waals surface area contributed by atoms with Crippen molar-refractivity contribution >= 4 is 11.9 Å². The minimum Gasteiger partial charge on any atom is -0.466 e. The summed E-state index contributed by atoms with van der Waals surface area (Å²) in [4.78, 5) is 24.5. The molecule has 2 atom stereocenters. The van der Waals surface area contributed by atoms with Crippen LogP contribution in [0.1, 0.15) is 399 Å². The Morgan fingerprint density at radius 2 is 0.603 bits per heavy atom. The van der Waals surface area contributed by atoms with Gasteiger partial charge in [-0.05, 0) is 57.8 Å². The molecule has 2 unspecified atom stereocenters. The highest BCUT2D eigenvalue weighted by Gasteiger charge is 2.18. The van der Waals surface area contributed by atoms with Crippen molar-refractivity contribution in [2.24, 2.45) is 0 Å². The molecule has 6 heteroatoms. The average Bonchev–Trinajstić information content (AvgIpc) is 3.44. The summed E-state index contributed by atoms with van der Waals surface area (Å²) in [7, 11) is 0. The topological polar surface area (TPSA) is 95.9 Å². The van der Waals surface area contributed by atoms with Gasteiger partial charge in [-0.3, -0.25) is 9.59 Å². The number of ether oxygens (including phenoxy) is 1. The Kier molecular flexibility index (Phi) is 66.4. The fourth-order valence-electron chi connectivity index (χ4n) is 11.3. The fraction of sp³-hybridized carbons (Fsp3) is 0.917. The Balaban J connectivity index is 3.30. The molecule has 0 aliphatic rings. The van der Waals surface area contributed by atoms with E-state index in [0.29, 0.717) is 19.4 Å². The molecule has 0 saturated carbocycles. The van der Waals surface area contributed by atoms with Crippen LogP contribution < -0.4 is 5.32 Å². The molecule has 78 heavy (non-hydrogen) atoms. The second-order valence-corrected chi connectivity index (χ2v) is 24.6. The summed E-state index contributed by atoms with van der Waals surface area (Å²) in [5, 5.41) is 23.0. The highest BCUT2D eigenvalue weighted by atomic mass is 16.5. The fourth-order valence-corrected chi connectivity index (χ4v) is 11.3. The van der Waals surface area contributed by atoms with E-state index < -0.39 is 12.1 Å². The molecule has 0 heterocycles. The maximum absolute atomic E-state index is 12.4. The SMILES string of the molecule is CCCCCCCCCC/C=C/C(O)C(CO)NC(=O)CCCCCCCCCCCCCCCCCCC/C=C\CCCCCCCCCCCCCCCCCCCCOC(=O)CCCCCCCCCCCCCC. The van der Waals surface area contributed by atoms with Gasteiger partial charge >= 0.3 is 5.97 Å². The van der Waals surface area contributed by atoms with Crippen molar-refractivity contribution < 1.29 is 24.5 Å². The van der Waals surface area contributed by atoms with Crippen LogP contribution in [-0.2, 0) is 14.3 Å². The molecule has 1 amide bonds. The zero-order valence-electron chi connectivity index (χ0n) is 52.9. The number of carbonyl (C=O) groups excluding carboxylic acids is 2. The van der Waals surface area contributed by atoms with Gasteiger partial charge in [-0.2, -0.15) is 0 Å². The first-order valence-electron chi connectivity index (χ1n) is 35.6. The number of nitrogens with one attached hydrogen (secondary N) is 1. The van der Waals surface area contributed by atoms with Crippen molar-refractivity contribution in [3.8, 4) is 0 Å². The van der Waals surface area contributed by atoms with Crippen LogP contribution in [0.15, 0.2) is 24.3 Å². The van der Waals surface area contributed by atoms with Gasteiger partial charge in [0.25, 0.3) is 0 Å². The lowest BCUT2D eigenvalue weighted by Gasteiger charge is -2.20. The number of aliphatic hydroxyl groups excluding tert-OH is 2. The van der Waals surface area contributed by atoms with Crippen LogP contribution in [0.3, 0.4) is 0 Å². The van der Waals surface area contributed by atoms with E-state index in [2.05, 4.69) is 31.3 Å². The van der Waals surface area contributed by atoms with Gasteiger partial charge in [-0.15, -0.1) is 0 Å². The van der Waals surface area contributed by atoms with Crippen LogP contribution >= 0.6 is 0 Å². The van der Waals surface area contributed by atoms with Crippen LogP contribution in [0.25, 0.3) is 0 Å². The quantitative estimate of drug-likeness (QED) is 0.0320. The summed E-state index contributed by atoms with van der Waals surface area (Å²) in [6, 6.07) is -0.622. The number of carbonyl (C=O) groups is 2. The molecule has 0 spiro atoms. The molecule has 3 N–H and O–H groups in total. The highest BCUT2D eigenvalue weighted by molar-refractivity contribution is 5.76. The lowest BCUT2D eigenvalue weighted by molar-refractivity contribution is -0.143. The summed E-state index contributed by atoms with van der Waals surface area (Å²) < 4.78 is 5.49. The molecule has 0 aliphatic carbocycles. The third-order valence-corrected chi connectivity index (χ3v) is 16.7. The molecule has 0 fully saturated rings. The van der Waals surface area contributed by atoms with Gasteiger partial charge in [0.2, 0.25) is 5.91 Å². The zero-order chi connectivity index (χ0) is 56.4. The number of hydrogen-bond donors (Lipinski definition) is 3. The predicted molar refractivity (Wildman–Crippen MR) is 343 cm³/mol. The van der Waals surface area contributed by atoms with Crippen LogP contribution in [0.4, 0.5) is 0 Å². The zero-order valence-corrected chi connectivity index (χ0v) is 52.9. The van der Waals surface area contributed by atoms with E-state index in [4.69, 9.17) is 4.74 Å². The van der Waals surface area contributed by atoms with Crippen molar-refractivity contribution in [1.29, 1.82) is 0 Å². The predicted octanol–water partition coefficient (Wildman–Crippen LogP) is 22.9. The van der Waals surface area contributed by atoms with Gasteiger partial charge in [-0.25, -0.2) is 0 Å². The van der Waals surface area contributed by atoms with Crippen LogP contribution in [0.2, 0.25) is 0 Å². The van der Waals surface area contributed by atoms with Crippen molar-refractivity contribution in [2.75, 3.05) is 13.2 Å². The van der Waals surface area contributed by atoms with Gasteiger partial charge in [0, 0.05) is 12.8 Å². The maximum atomic E-state index is 12.4. The van der Waals surface area contributed by atoms with Crippen molar-refractivity contribution in [3.63, 3.8) is 0 Å². The maximum Gasteiger partial charge on any atom is 0.305 e. The third kappa shape index (κ3) is 63.5. The molecule has 0 saturated heterocycles. The van der Waals surface area contributed by atoms with Crippen LogP contribution in [-0.4, -0.2) is 47.4 Å². The van der Waals surface area contributed by atoms with E-state index in [9.17, 15) is 19.8 Å². The molecule has 0 radical (unpaired) electrons. The lowest BCUT2D eigenvalue weighted by atomic mass is 10.0. The van der Waals surface area contributed by atoms with Gasteiger partial charge in [-0.1, -0.05) is 353 Å². The Morgan fingerprint density at radius 3 is 0.910 bits per heavy atom. The molecule has 0 bridgehead atoms. The Labute approximate surface area is 488 Å². The van der Waals surface area contributed by atoms with E-state index >= 15 is 0 Å². The summed E-state index contributed by atoms with van der Waals surface area (Å²) in [6.45, 7) is 4.91. The number of aliphatic hydroxyl groups is 2. The number of hydrogen-bond acceptors (Lipinski definition) is 5. The van der Waals surface area contributed by atoms with Crippen LogP contribution in [0.5, 0.6) is 0 Å². The minimum absolute atomic E-state index is 0.0234. The third-order valence-electron chi connectivity index (χ3n) is 16.7. The molecule has 0 aromatic rings. The first kappa shape index (κ1) is 76.3. The monoisotopic (exact) mass is 1100 g/mol. The average molecular weight is 1100 g/mol. The van der Waals surface area contributed by atoms with E-state index in [1.165, 1.54) is 334 Å².